The largest absolute Gasteiger partial charge is 0.481 e. The molecular formula is C12H14O8S2. The van der Waals surface area contributed by atoms with Gasteiger partial charge in [-0.05, 0) is 5.56 Å². The molecule has 1 aromatic carbocycles. The van der Waals surface area contributed by atoms with Gasteiger partial charge in [-0.2, -0.15) is 0 Å². The van der Waals surface area contributed by atoms with Crippen LogP contribution in [0.1, 0.15) is 5.56 Å². The maximum atomic E-state index is 12.2. The second-order valence-corrected chi connectivity index (χ2v) is 9.32. The molecule has 0 fully saturated rings. The molecule has 22 heavy (non-hydrogen) atoms. The fourth-order valence-corrected chi connectivity index (χ4v) is 6.99. The molecule has 1 rings (SSSR count). The summed E-state index contributed by atoms with van der Waals surface area (Å²) in [5.41, 5.74) is -0.435. The Balaban J connectivity index is 4.11. The Morgan fingerprint density at radius 1 is 0.909 bits per heavy atom. The first-order chi connectivity index (χ1) is 9.87. The number of carboxylic acids is 2. The van der Waals surface area contributed by atoms with E-state index in [0.29, 0.717) is 12.5 Å². The molecule has 122 valence electrons. The Bertz CT molecular complexity index is 747. The molecule has 0 aliphatic rings. The summed E-state index contributed by atoms with van der Waals surface area (Å²) in [6.45, 7) is 0. The Labute approximate surface area is 127 Å². The van der Waals surface area contributed by atoms with Gasteiger partial charge in [-0.3, -0.25) is 9.59 Å². The minimum absolute atomic E-state index is 0.435. The molecule has 0 spiro atoms. The van der Waals surface area contributed by atoms with Gasteiger partial charge in [0.05, 0.1) is 0 Å². The van der Waals surface area contributed by atoms with Gasteiger partial charge in [0.2, 0.25) is 4.08 Å². The van der Waals surface area contributed by atoms with Crippen LogP contribution >= 0.6 is 0 Å². The molecule has 2 N–H and O–H groups in total. The molecule has 0 aliphatic carbocycles. The summed E-state index contributed by atoms with van der Waals surface area (Å²) in [5, 5.41) is 18.3. The van der Waals surface area contributed by atoms with Crippen LogP contribution < -0.4 is 0 Å². The zero-order valence-electron chi connectivity index (χ0n) is 11.6. The predicted octanol–water partition coefficient (Wildman–Crippen LogP) is -0.286. The molecule has 0 bridgehead atoms. The Morgan fingerprint density at radius 3 is 1.55 bits per heavy atom. The number of aliphatic carboxylic acids is 2. The molecule has 0 saturated carbocycles. The molecule has 0 amide bonds. The first-order valence-corrected chi connectivity index (χ1v) is 9.56. The van der Waals surface area contributed by atoms with Crippen molar-refractivity contribution in [2.45, 2.75) is 4.08 Å². The topological polar surface area (TPSA) is 143 Å². The summed E-state index contributed by atoms with van der Waals surface area (Å²) in [6, 6.07) is 6.18. The number of benzene rings is 1. The highest BCUT2D eigenvalue weighted by molar-refractivity contribution is 8.09. The van der Waals surface area contributed by atoms with Crippen LogP contribution in [0.25, 0.3) is 0 Å². The van der Waals surface area contributed by atoms with Gasteiger partial charge in [-0.25, -0.2) is 16.8 Å². The SMILES string of the molecule is CS(=O)(=O)C(c1ccccc1)(C(C(=O)O)C(=O)O)S(C)(=O)=O. The fraction of sp³-hybridized carbons (Fsp3) is 0.333. The molecular weight excluding hydrogens is 336 g/mol. The molecule has 0 heterocycles. The molecule has 0 unspecified atom stereocenters. The number of carbonyl (C=O) groups is 2. The van der Waals surface area contributed by atoms with Gasteiger partial charge in [0.25, 0.3) is 0 Å². The summed E-state index contributed by atoms with van der Waals surface area (Å²) in [7, 11) is -9.35. The van der Waals surface area contributed by atoms with E-state index in [-0.39, 0.29) is 0 Å². The Hall–Kier alpha value is -1.94. The quantitative estimate of drug-likeness (QED) is 0.666. The van der Waals surface area contributed by atoms with Gasteiger partial charge >= 0.3 is 11.9 Å². The van der Waals surface area contributed by atoms with E-state index >= 15 is 0 Å². The lowest BCUT2D eigenvalue weighted by Gasteiger charge is -2.33. The van der Waals surface area contributed by atoms with Crippen molar-refractivity contribution in [2.24, 2.45) is 5.92 Å². The van der Waals surface area contributed by atoms with Gasteiger partial charge < -0.3 is 10.2 Å². The highest BCUT2D eigenvalue weighted by Crippen LogP contribution is 2.43. The highest BCUT2D eigenvalue weighted by Gasteiger charge is 2.63. The average molecular weight is 350 g/mol. The molecule has 0 saturated heterocycles. The van der Waals surface area contributed by atoms with Crippen molar-refractivity contribution in [1.29, 1.82) is 0 Å². The molecule has 0 radical (unpaired) electrons. The Kier molecular flexibility index (Phi) is 4.68. The first-order valence-electron chi connectivity index (χ1n) is 5.77. The maximum Gasteiger partial charge on any atom is 0.321 e. The molecule has 0 aromatic heterocycles. The summed E-state index contributed by atoms with van der Waals surface area (Å²) in [6.07, 6.45) is 1.000. The van der Waals surface area contributed by atoms with Crippen molar-refractivity contribution < 1.29 is 36.6 Å². The van der Waals surface area contributed by atoms with Crippen LogP contribution in [-0.4, -0.2) is 51.5 Å². The van der Waals surface area contributed by atoms with Gasteiger partial charge in [0.1, 0.15) is 0 Å². The average Bonchev–Trinajstić information content (AvgIpc) is 2.32. The monoisotopic (exact) mass is 350 g/mol. The third kappa shape index (κ3) is 2.71. The van der Waals surface area contributed by atoms with Crippen LogP contribution in [0, 0.1) is 5.92 Å². The van der Waals surface area contributed by atoms with Crippen LogP contribution in [0.3, 0.4) is 0 Å². The molecule has 0 atom stereocenters. The lowest BCUT2D eigenvalue weighted by molar-refractivity contribution is -0.155. The summed E-state index contributed by atoms with van der Waals surface area (Å²) < 4.78 is 45.9. The van der Waals surface area contributed by atoms with Gasteiger partial charge in [-0.15, -0.1) is 0 Å². The number of carboxylic acid groups (broad SMARTS) is 2. The third-order valence-electron chi connectivity index (χ3n) is 3.15. The van der Waals surface area contributed by atoms with E-state index in [2.05, 4.69) is 0 Å². The summed E-state index contributed by atoms with van der Waals surface area (Å²) in [5.74, 6) is -6.83. The van der Waals surface area contributed by atoms with E-state index in [1.807, 2.05) is 0 Å². The lowest BCUT2D eigenvalue weighted by atomic mass is 9.98. The maximum absolute atomic E-state index is 12.2. The minimum atomic E-state index is -4.68. The number of hydrogen-bond acceptors (Lipinski definition) is 6. The van der Waals surface area contributed by atoms with Gasteiger partial charge in [-0.1, -0.05) is 30.3 Å². The smallest absolute Gasteiger partial charge is 0.321 e. The van der Waals surface area contributed by atoms with E-state index in [1.54, 1.807) is 0 Å². The van der Waals surface area contributed by atoms with Crippen LogP contribution in [0.4, 0.5) is 0 Å². The van der Waals surface area contributed by atoms with Crippen LogP contribution in [-0.2, 0) is 33.3 Å². The van der Waals surface area contributed by atoms with Crippen LogP contribution in [0.2, 0.25) is 0 Å². The van der Waals surface area contributed by atoms with E-state index < -0.39 is 47.2 Å². The fourth-order valence-electron chi connectivity index (χ4n) is 2.40. The standard InChI is InChI=1S/C12H14O8S2/c1-21(17,18)12(22(2,19)20,8-6-4-3-5-7-8)9(10(13)14)11(15)16/h3-7,9H,1-2H3,(H,13,14)(H,15,16). The predicted molar refractivity (Wildman–Crippen MR) is 76.6 cm³/mol. The zero-order valence-corrected chi connectivity index (χ0v) is 13.3. The van der Waals surface area contributed by atoms with Crippen LogP contribution in [0.15, 0.2) is 30.3 Å². The summed E-state index contributed by atoms with van der Waals surface area (Å²) in [4.78, 5) is 22.7. The second-order valence-electron chi connectivity index (χ2n) is 4.69. The lowest BCUT2D eigenvalue weighted by Crippen LogP contribution is -2.54. The van der Waals surface area contributed by atoms with E-state index in [1.165, 1.54) is 18.2 Å². The van der Waals surface area contributed by atoms with Crippen molar-refractivity contribution in [3.63, 3.8) is 0 Å². The number of rotatable bonds is 6. The Morgan fingerprint density at radius 2 is 1.27 bits per heavy atom. The van der Waals surface area contributed by atoms with Crippen molar-refractivity contribution in [3.05, 3.63) is 35.9 Å². The third-order valence-corrected chi connectivity index (χ3v) is 8.11. The highest BCUT2D eigenvalue weighted by atomic mass is 32.3. The van der Waals surface area contributed by atoms with Crippen molar-refractivity contribution in [2.75, 3.05) is 12.5 Å². The number of sulfone groups is 2. The minimum Gasteiger partial charge on any atom is -0.481 e. The summed E-state index contributed by atoms with van der Waals surface area (Å²) >= 11 is 0. The number of hydrogen-bond donors (Lipinski definition) is 2. The normalized spacial score (nSPS) is 13.0. The van der Waals surface area contributed by atoms with Crippen molar-refractivity contribution in [3.8, 4) is 0 Å². The second kappa shape index (κ2) is 5.69. The van der Waals surface area contributed by atoms with Crippen molar-refractivity contribution in [1.82, 2.24) is 0 Å². The van der Waals surface area contributed by atoms with Crippen LogP contribution in [0.5, 0.6) is 0 Å². The van der Waals surface area contributed by atoms with Gasteiger partial charge in [0, 0.05) is 12.5 Å². The van der Waals surface area contributed by atoms with Crippen molar-refractivity contribution >= 4 is 31.6 Å². The van der Waals surface area contributed by atoms with E-state index in [9.17, 15) is 26.4 Å². The molecule has 10 heteroatoms. The first kappa shape index (κ1) is 18.1. The van der Waals surface area contributed by atoms with E-state index in [4.69, 9.17) is 10.2 Å². The van der Waals surface area contributed by atoms with Gasteiger partial charge in [0.15, 0.2) is 25.6 Å². The van der Waals surface area contributed by atoms with E-state index in [0.717, 1.165) is 12.1 Å². The zero-order chi connectivity index (χ0) is 17.3. The molecule has 1 aromatic rings. The molecule has 0 aliphatic heterocycles. The molecule has 8 nitrogen and oxygen atoms in total.